The Hall–Kier alpha value is -1.03. The number of para-hydroxylation sites is 1. The van der Waals surface area contributed by atoms with Crippen molar-refractivity contribution in [1.82, 2.24) is 10.2 Å². The van der Waals surface area contributed by atoms with E-state index in [0.717, 1.165) is 44.2 Å². The average molecular weight is 523 g/mol. The highest BCUT2D eigenvalue weighted by Gasteiger charge is 2.28. The van der Waals surface area contributed by atoms with Gasteiger partial charge in [0.2, 0.25) is 0 Å². The summed E-state index contributed by atoms with van der Waals surface area (Å²) in [5, 5.41) is 3.28. The summed E-state index contributed by atoms with van der Waals surface area (Å²) in [6.45, 7) is 9.93. The molecular formula is C20H34IN3O3S. The van der Waals surface area contributed by atoms with E-state index in [4.69, 9.17) is 4.74 Å². The van der Waals surface area contributed by atoms with Crippen LogP contribution in [0, 0.1) is 0 Å². The Balaban J connectivity index is 0.00000392. The van der Waals surface area contributed by atoms with E-state index in [1.54, 1.807) is 20.8 Å². The number of hydrogen-bond acceptors (Lipinski definition) is 4. The van der Waals surface area contributed by atoms with Crippen molar-refractivity contribution < 1.29 is 13.2 Å². The number of nitrogens with one attached hydrogen (secondary N) is 1. The lowest BCUT2D eigenvalue weighted by Crippen LogP contribution is -2.47. The minimum absolute atomic E-state index is 0. The van der Waals surface area contributed by atoms with Crippen LogP contribution in [0.15, 0.2) is 35.3 Å². The van der Waals surface area contributed by atoms with Crippen LogP contribution in [0.3, 0.4) is 0 Å². The fourth-order valence-electron chi connectivity index (χ4n) is 2.88. The van der Waals surface area contributed by atoms with Gasteiger partial charge >= 0.3 is 0 Å². The summed E-state index contributed by atoms with van der Waals surface area (Å²) < 4.78 is 29.8. The number of guanidine groups is 1. The fraction of sp³-hybridized carbons (Fsp3) is 0.650. The molecule has 0 radical (unpaired) electrons. The lowest BCUT2D eigenvalue weighted by molar-refractivity contribution is 0.129. The number of nitrogens with zero attached hydrogens (tertiary/aromatic N) is 2. The van der Waals surface area contributed by atoms with E-state index in [9.17, 15) is 8.42 Å². The van der Waals surface area contributed by atoms with Crippen LogP contribution in [0.4, 0.5) is 0 Å². The van der Waals surface area contributed by atoms with Gasteiger partial charge in [-0.15, -0.1) is 24.0 Å². The van der Waals surface area contributed by atoms with E-state index in [0.29, 0.717) is 0 Å². The molecule has 1 saturated heterocycles. The summed E-state index contributed by atoms with van der Waals surface area (Å²) in [5.41, 5.74) is 0. The smallest absolute Gasteiger partial charge is 0.193 e. The largest absolute Gasteiger partial charge is 0.490 e. The topological polar surface area (TPSA) is 71.0 Å². The van der Waals surface area contributed by atoms with Gasteiger partial charge in [-0.05, 0) is 39.8 Å². The molecule has 8 heteroatoms. The standard InChI is InChI=1S/C20H33N3O3S.HI/c1-5-21-19(22-13-16-27(24,25)20(2,3)4)23-14-11-18(12-15-23)26-17-9-7-6-8-10-17;/h6-10,18H,5,11-16H2,1-4H3,(H,21,22);1H. The molecule has 1 aromatic carbocycles. The van der Waals surface area contributed by atoms with Crippen molar-refractivity contribution >= 4 is 39.8 Å². The van der Waals surface area contributed by atoms with E-state index >= 15 is 0 Å². The summed E-state index contributed by atoms with van der Waals surface area (Å²) in [7, 11) is -3.16. The molecule has 28 heavy (non-hydrogen) atoms. The second-order valence-electron chi connectivity index (χ2n) is 7.78. The zero-order valence-corrected chi connectivity index (χ0v) is 20.5. The number of likely N-dealkylation sites (tertiary alicyclic amines) is 1. The molecule has 0 atom stereocenters. The third-order valence-corrected chi connectivity index (χ3v) is 7.26. The highest BCUT2D eigenvalue weighted by Crippen LogP contribution is 2.19. The number of ether oxygens (including phenoxy) is 1. The molecule has 0 amide bonds. The Labute approximate surface area is 187 Å². The highest BCUT2D eigenvalue weighted by atomic mass is 127. The highest BCUT2D eigenvalue weighted by molar-refractivity contribution is 14.0. The molecule has 0 bridgehead atoms. The predicted octanol–water partition coefficient (Wildman–Crippen LogP) is 3.33. The van der Waals surface area contributed by atoms with Crippen molar-refractivity contribution in [2.75, 3.05) is 31.9 Å². The first kappa shape index (κ1) is 25.0. The van der Waals surface area contributed by atoms with Gasteiger partial charge in [0, 0.05) is 32.5 Å². The third kappa shape index (κ3) is 7.42. The van der Waals surface area contributed by atoms with Gasteiger partial charge in [-0.25, -0.2) is 8.42 Å². The van der Waals surface area contributed by atoms with Gasteiger partial charge in [-0.3, -0.25) is 4.99 Å². The number of halogens is 1. The molecule has 1 aliphatic rings. The first-order valence-corrected chi connectivity index (χ1v) is 11.4. The van der Waals surface area contributed by atoms with Crippen LogP contribution in [-0.2, 0) is 9.84 Å². The summed E-state index contributed by atoms with van der Waals surface area (Å²) in [6, 6.07) is 9.90. The molecule has 1 aliphatic heterocycles. The molecule has 0 spiro atoms. The Morgan fingerprint density at radius 3 is 2.36 bits per heavy atom. The van der Waals surface area contributed by atoms with Crippen LogP contribution in [0.2, 0.25) is 0 Å². The van der Waals surface area contributed by atoms with Gasteiger partial charge in [0.1, 0.15) is 11.9 Å². The minimum Gasteiger partial charge on any atom is -0.490 e. The molecule has 6 nitrogen and oxygen atoms in total. The Morgan fingerprint density at radius 2 is 1.82 bits per heavy atom. The number of aliphatic imine (C=N–C) groups is 1. The first-order valence-electron chi connectivity index (χ1n) is 9.70. The van der Waals surface area contributed by atoms with Crippen LogP contribution >= 0.6 is 24.0 Å². The minimum atomic E-state index is -3.16. The van der Waals surface area contributed by atoms with E-state index in [1.165, 1.54) is 0 Å². The van der Waals surface area contributed by atoms with E-state index in [1.807, 2.05) is 37.3 Å². The second kappa shape index (κ2) is 11.2. The quantitative estimate of drug-likeness (QED) is 0.352. The zero-order valence-electron chi connectivity index (χ0n) is 17.3. The van der Waals surface area contributed by atoms with Crippen molar-refractivity contribution in [1.29, 1.82) is 0 Å². The molecular weight excluding hydrogens is 489 g/mol. The average Bonchev–Trinajstić information content (AvgIpc) is 2.61. The Bertz CT molecular complexity index is 710. The van der Waals surface area contributed by atoms with Crippen LogP contribution in [0.25, 0.3) is 0 Å². The lowest BCUT2D eigenvalue weighted by Gasteiger charge is -2.34. The number of hydrogen-bond donors (Lipinski definition) is 1. The van der Waals surface area contributed by atoms with Crippen molar-refractivity contribution in [2.24, 2.45) is 4.99 Å². The molecule has 0 aliphatic carbocycles. The van der Waals surface area contributed by atoms with E-state index in [2.05, 4.69) is 15.2 Å². The SMILES string of the molecule is CCNC(=NCCS(=O)(=O)C(C)(C)C)N1CCC(Oc2ccccc2)CC1.I. The van der Waals surface area contributed by atoms with Crippen LogP contribution in [-0.4, -0.2) is 62.1 Å². The predicted molar refractivity (Wildman–Crippen MR) is 127 cm³/mol. The number of benzene rings is 1. The molecule has 1 fully saturated rings. The Morgan fingerprint density at radius 1 is 1.21 bits per heavy atom. The summed E-state index contributed by atoms with van der Waals surface area (Å²) in [6.07, 6.45) is 2.03. The lowest BCUT2D eigenvalue weighted by atomic mass is 10.1. The van der Waals surface area contributed by atoms with Crippen molar-refractivity contribution in [3.05, 3.63) is 30.3 Å². The number of sulfone groups is 1. The van der Waals surface area contributed by atoms with Crippen LogP contribution in [0.5, 0.6) is 5.75 Å². The van der Waals surface area contributed by atoms with Gasteiger partial charge in [-0.2, -0.15) is 0 Å². The van der Waals surface area contributed by atoms with Crippen LogP contribution in [0.1, 0.15) is 40.5 Å². The molecule has 1 aromatic rings. The van der Waals surface area contributed by atoms with Gasteiger partial charge in [0.15, 0.2) is 15.8 Å². The molecule has 0 unspecified atom stereocenters. The van der Waals surface area contributed by atoms with Crippen molar-refractivity contribution in [2.45, 2.75) is 51.4 Å². The van der Waals surface area contributed by atoms with Crippen molar-refractivity contribution in [3.63, 3.8) is 0 Å². The fourth-order valence-corrected chi connectivity index (χ4v) is 3.82. The van der Waals surface area contributed by atoms with E-state index in [-0.39, 0.29) is 42.4 Å². The first-order chi connectivity index (χ1) is 12.7. The monoisotopic (exact) mass is 523 g/mol. The van der Waals surface area contributed by atoms with E-state index < -0.39 is 14.6 Å². The van der Waals surface area contributed by atoms with Gasteiger partial charge < -0.3 is 15.0 Å². The maximum atomic E-state index is 12.3. The maximum absolute atomic E-state index is 12.3. The van der Waals surface area contributed by atoms with Gasteiger partial charge in [0.25, 0.3) is 0 Å². The van der Waals surface area contributed by atoms with Crippen molar-refractivity contribution in [3.8, 4) is 5.75 Å². The molecule has 0 saturated carbocycles. The second-order valence-corrected chi connectivity index (χ2v) is 10.6. The summed E-state index contributed by atoms with van der Waals surface area (Å²) in [5.74, 6) is 1.77. The number of rotatable bonds is 6. The molecule has 160 valence electrons. The van der Waals surface area contributed by atoms with Gasteiger partial charge in [0.05, 0.1) is 17.0 Å². The molecule has 2 rings (SSSR count). The van der Waals surface area contributed by atoms with Crippen LogP contribution < -0.4 is 10.1 Å². The molecule has 1 heterocycles. The number of piperidine rings is 1. The molecule has 1 N–H and O–H groups in total. The van der Waals surface area contributed by atoms with Gasteiger partial charge in [-0.1, -0.05) is 18.2 Å². The summed E-state index contributed by atoms with van der Waals surface area (Å²) in [4.78, 5) is 6.75. The maximum Gasteiger partial charge on any atom is 0.193 e. The normalized spacial score (nSPS) is 16.4. The molecule has 0 aromatic heterocycles. The third-order valence-electron chi connectivity index (χ3n) is 4.68. The Kier molecular flexibility index (Phi) is 10.0. The summed E-state index contributed by atoms with van der Waals surface area (Å²) >= 11 is 0. The zero-order chi connectivity index (χ0) is 19.9.